The molecule has 1 amide bonds. The number of amides is 1. The molecule has 1 atom stereocenters. The molecule has 1 unspecified atom stereocenters. The van der Waals surface area contributed by atoms with Gasteiger partial charge in [-0.3, -0.25) is 4.79 Å². The number of halogens is 2. The first-order chi connectivity index (χ1) is 15.3. The van der Waals surface area contributed by atoms with Crippen molar-refractivity contribution in [3.63, 3.8) is 0 Å². The molecule has 7 heteroatoms. The number of nitrogens with one attached hydrogen (secondary N) is 2. The van der Waals surface area contributed by atoms with E-state index in [4.69, 9.17) is 0 Å². The Morgan fingerprint density at radius 2 is 1.84 bits per heavy atom. The fourth-order valence-electron chi connectivity index (χ4n) is 3.54. The second kappa shape index (κ2) is 10.4. The molecule has 1 aromatic heterocycles. The standard InChI is InChI=1S/C25H29F2N3O2/c1-4-5-12-28-21-11-8-16-6-9-18(25(32)24(16)29-21)23(30-22(31)13-15(2)3)17-7-10-19(26)20(27)14-17/h6-11,14-15,23,32H,4-5,12-13H2,1-3H3,(H,28,29)(H,30,31). The van der Waals surface area contributed by atoms with E-state index in [1.54, 1.807) is 12.1 Å². The lowest BCUT2D eigenvalue weighted by Gasteiger charge is -2.22. The van der Waals surface area contributed by atoms with Crippen LogP contribution in [0.1, 0.15) is 57.2 Å². The summed E-state index contributed by atoms with van der Waals surface area (Å²) in [4.78, 5) is 17.1. The number of pyridine rings is 1. The Morgan fingerprint density at radius 1 is 1.09 bits per heavy atom. The van der Waals surface area contributed by atoms with Crippen LogP contribution in [0.4, 0.5) is 14.6 Å². The summed E-state index contributed by atoms with van der Waals surface area (Å²) in [5.74, 6) is -1.62. The zero-order chi connectivity index (χ0) is 23.3. The van der Waals surface area contributed by atoms with Gasteiger partial charge in [-0.25, -0.2) is 13.8 Å². The molecule has 0 aliphatic heterocycles. The molecule has 32 heavy (non-hydrogen) atoms. The maximum absolute atomic E-state index is 14.0. The molecular weight excluding hydrogens is 412 g/mol. The predicted octanol–water partition coefficient (Wildman–Crippen LogP) is 5.68. The number of rotatable bonds is 9. The van der Waals surface area contributed by atoms with Gasteiger partial charge in [0.1, 0.15) is 17.1 Å². The van der Waals surface area contributed by atoms with Crippen LogP contribution < -0.4 is 10.6 Å². The monoisotopic (exact) mass is 441 g/mol. The average Bonchev–Trinajstić information content (AvgIpc) is 2.75. The Kier molecular flexibility index (Phi) is 7.62. The molecule has 3 N–H and O–H groups in total. The molecule has 1 heterocycles. The van der Waals surface area contributed by atoms with Crippen LogP contribution in [0.2, 0.25) is 0 Å². The van der Waals surface area contributed by atoms with Crippen molar-refractivity contribution in [2.45, 2.75) is 46.1 Å². The number of phenolic OH excluding ortho intramolecular Hbond substituents is 1. The third-order valence-corrected chi connectivity index (χ3v) is 5.19. The molecule has 3 rings (SSSR count). The van der Waals surface area contributed by atoms with Gasteiger partial charge < -0.3 is 15.7 Å². The average molecular weight is 442 g/mol. The Morgan fingerprint density at radius 3 is 2.53 bits per heavy atom. The summed E-state index contributed by atoms with van der Waals surface area (Å²) in [6, 6.07) is 9.74. The molecule has 0 aliphatic rings. The minimum Gasteiger partial charge on any atom is -0.505 e. The van der Waals surface area contributed by atoms with Crippen molar-refractivity contribution in [2.75, 3.05) is 11.9 Å². The molecular formula is C25H29F2N3O2. The van der Waals surface area contributed by atoms with Gasteiger partial charge in [-0.15, -0.1) is 0 Å². The van der Waals surface area contributed by atoms with E-state index in [2.05, 4.69) is 22.5 Å². The molecule has 0 saturated heterocycles. The van der Waals surface area contributed by atoms with Gasteiger partial charge in [-0.05, 0) is 42.2 Å². The Balaban J connectivity index is 2.05. The number of benzene rings is 2. The number of anilines is 1. The third-order valence-electron chi connectivity index (χ3n) is 5.19. The van der Waals surface area contributed by atoms with Crippen molar-refractivity contribution >= 4 is 22.6 Å². The van der Waals surface area contributed by atoms with Crippen molar-refractivity contribution in [2.24, 2.45) is 5.92 Å². The van der Waals surface area contributed by atoms with Crippen molar-refractivity contribution in [3.8, 4) is 5.75 Å². The van der Waals surface area contributed by atoms with Gasteiger partial charge in [0.2, 0.25) is 5.91 Å². The lowest BCUT2D eigenvalue weighted by atomic mass is 9.95. The number of hydrogen-bond donors (Lipinski definition) is 3. The van der Waals surface area contributed by atoms with E-state index in [1.165, 1.54) is 6.07 Å². The molecule has 0 spiro atoms. The summed E-state index contributed by atoms with van der Waals surface area (Å²) in [7, 11) is 0. The molecule has 2 aromatic carbocycles. The zero-order valence-corrected chi connectivity index (χ0v) is 18.6. The number of unbranched alkanes of at least 4 members (excludes halogenated alkanes) is 1. The van der Waals surface area contributed by atoms with Crippen molar-refractivity contribution in [3.05, 3.63) is 65.2 Å². The quantitative estimate of drug-likeness (QED) is 0.373. The molecule has 0 bridgehead atoms. The summed E-state index contributed by atoms with van der Waals surface area (Å²) in [5, 5.41) is 17.9. The molecule has 3 aromatic rings. The third kappa shape index (κ3) is 5.52. The van der Waals surface area contributed by atoms with Crippen LogP contribution in [0.5, 0.6) is 5.75 Å². The van der Waals surface area contributed by atoms with Gasteiger partial charge >= 0.3 is 0 Å². The number of aromatic hydroxyl groups is 1. The smallest absolute Gasteiger partial charge is 0.221 e. The molecule has 5 nitrogen and oxygen atoms in total. The van der Waals surface area contributed by atoms with Gasteiger partial charge in [-0.2, -0.15) is 0 Å². The van der Waals surface area contributed by atoms with Gasteiger partial charge in [0.15, 0.2) is 11.6 Å². The highest BCUT2D eigenvalue weighted by molar-refractivity contribution is 5.88. The highest BCUT2D eigenvalue weighted by Crippen LogP contribution is 2.35. The Labute approximate surface area is 186 Å². The molecule has 0 fully saturated rings. The fraction of sp³-hybridized carbons (Fsp3) is 0.360. The number of aromatic nitrogens is 1. The van der Waals surface area contributed by atoms with E-state index in [0.29, 0.717) is 22.5 Å². The number of hydrogen-bond acceptors (Lipinski definition) is 4. The van der Waals surface area contributed by atoms with Crippen LogP contribution in [0, 0.1) is 17.6 Å². The summed E-state index contributed by atoms with van der Waals surface area (Å²) < 4.78 is 27.5. The maximum Gasteiger partial charge on any atom is 0.221 e. The van der Waals surface area contributed by atoms with E-state index >= 15 is 0 Å². The van der Waals surface area contributed by atoms with Crippen LogP contribution in [0.3, 0.4) is 0 Å². The van der Waals surface area contributed by atoms with Gasteiger partial charge in [0.25, 0.3) is 0 Å². The van der Waals surface area contributed by atoms with E-state index in [9.17, 15) is 18.7 Å². The van der Waals surface area contributed by atoms with Crippen LogP contribution in [-0.2, 0) is 4.79 Å². The second-order valence-electron chi connectivity index (χ2n) is 8.32. The normalized spacial score (nSPS) is 12.2. The van der Waals surface area contributed by atoms with E-state index < -0.39 is 17.7 Å². The van der Waals surface area contributed by atoms with Crippen molar-refractivity contribution in [1.29, 1.82) is 0 Å². The number of phenols is 1. The Hall–Kier alpha value is -3.22. The van der Waals surface area contributed by atoms with Gasteiger partial charge in [0.05, 0.1) is 6.04 Å². The number of carbonyl (C=O) groups is 1. The van der Waals surface area contributed by atoms with Crippen molar-refractivity contribution < 1.29 is 18.7 Å². The number of carbonyl (C=O) groups excluding carboxylic acids is 1. The SMILES string of the molecule is CCCCNc1ccc2ccc(C(NC(=O)CC(C)C)c3ccc(F)c(F)c3)c(O)c2n1. The lowest BCUT2D eigenvalue weighted by molar-refractivity contribution is -0.122. The topological polar surface area (TPSA) is 74.2 Å². The highest BCUT2D eigenvalue weighted by Gasteiger charge is 2.23. The summed E-state index contributed by atoms with van der Waals surface area (Å²) in [6.07, 6.45) is 2.30. The lowest BCUT2D eigenvalue weighted by Crippen LogP contribution is -2.30. The van der Waals surface area contributed by atoms with Crippen LogP contribution in [0.25, 0.3) is 10.9 Å². The minimum atomic E-state index is -1.02. The highest BCUT2D eigenvalue weighted by atomic mass is 19.2. The van der Waals surface area contributed by atoms with E-state index in [1.807, 2.05) is 26.0 Å². The summed E-state index contributed by atoms with van der Waals surface area (Å²) in [5.41, 5.74) is 1.06. The van der Waals surface area contributed by atoms with Crippen LogP contribution >= 0.6 is 0 Å². The maximum atomic E-state index is 14.0. The molecule has 0 saturated carbocycles. The van der Waals surface area contributed by atoms with Gasteiger partial charge in [0, 0.05) is 23.9 Å². The first-order valence-corrected chi connectivity index (χ1v) is 10.9. The van der Waals surface area contributed by atoms with Crippen molar-refractivity contribution in [1.82, 2.24) is 10.3 Å². The molecule has 0 aliphatic carbocycles. The second-order valence-corrected chi connectivity index (χ2v) is 8.32. The van der Waals surface area contributed by atoms with E-state index in [0.717, 1.165) is 36.9 Å². The predicted molar refractivity (Wildman–Crippen MR) is 123 cm³/mol. The largest absolute Gasteiger partial charge is 0.505 e. The summed E-state index contributed by atoms with van der Waals surface area (Å²) in [6.45, 7) is 6.69. The zero-order valence-electron chi connectivity index (χ0n) is 18.6. The van der Waals surface area contributed by atoms with Crippen LogP contribution in [-0.4, -0.2) is 22.5 Å². The van der Waals surface area contributed by atoms with Crippen LogP contribution in [0.15, 0.2) is 42.5 Å². The minimum absolute atomic E-state index is 0.110. The first-order valence-electron chi connectivity index (χ1n) is 10.9. The number of fused-ring (bicyclic) bond motifs is 1. The molecule has 170 valence electrons. The van der Waals surface area contributed by atoms with E-state index in [-0.39, 0.29) is 24.0 Å². The summed E-state index contributed by atoms with van der Waals surface area (Å²) >= 11 is 0. The first kappa shape index (κ1) is 23.4. The fourth-order valence-corrected chi connectivity index (χ4v) is 3.54. The number of nitrogens with zero attached hydrogens (tertiary/aromatic N) is 1. The Bertz CT molecular complexity index is 1100. The molecule has 0 radical (unpaired) electrons. The van der Waals surface area contributed by atoms with Gasteiger partial charge in [-0.1, -0.05) is 45.4 Å².